The molecule has 7 nitrogen and oxygen atoms in total. The van der Waals surface area contributed by atoms with Gasteiger partial charge in [-0.3, -0.25) is 10.1 Å². The van der Waals surface area contributed by atoms with E-state index in [2.05, 4.69) is 4.72 Å². The predicted octanol–water partition coefficient (Wildman–Crippen LogP) is 1.23. The lowest BCUT2D eigenvalue weighted by Gasteiger charge is -2.14. The third-order valence-electron chi connectivity index (χ3n) is 3.72. The molecule has 1 aromatic carbocycles. The molecule has 3 N–H and O–H groups in total. The third-order valence-corrected chi connectivity index (χ3v) is 5.32. The minimum Gasteiger partial charge on any atom is -0.326 e. The van der Waals surface area contributed by atoms with Gasteiger partial charge in [-0.15, -0.1) is 0 Å². The number of sulfonamides is 1. The number of nitrogens with two attached hydrogens (primary N) is 1. The molecule has 1 atom stereocenters. The van der Waals surface area contributed by atoms with E-state index in [9.17, 15) is 18.5 Å². The lowest BCUT2D eigenvalue weighted by atomic mass is 10.1. The molecule has 1 aromatic rings. The van der Waals surface area contributed by atoms with Crippen LogP contribution >= 0.6 is 0 Å². The summed E-state index contributed by atoms with van der Waals surface area (Å²) in [5, 5.41) is 11.2. The summed E-state index contributed by atoms with van der Waals surface area (Å²) in [4.78, 5) is 10.3. The number of rotatable bonds is 6. The van der Waals surface area contributed by atoms with Crippen LogP contribution in [0, 0.1) is 29.9 Å². The van der Waals surface area contributed by atoms with E-state index in [1.54, 1.807) is 19.1 Å². The summed E-state index contributed by atoms with van der Waals surface area (Å²) in [7, 11) is -3.96. The Morgan fingerprint density at radius 1 is 1.38 bits per heavy atom. The Hall–Kier alpha value is -1.51. The maximum Gasteiger partial charge on any atom is 0.292 e. The predicted molar refractivity (Wildman–Crippen MR) is 78.5 cm³/mol. The second-order valence-corrected chi connectivity index (χ2v) is 7.19. The topological polar surface area (TPSA) is 115 Å². The van der Waals surface area contributed by atoms with Crippen molar-refractivity contribution in [3.8, 4) is 0 Å². The molecular weight excluding hydrogens is 294 g/mol. The average Bonchev–Trinajstić information content (AvgIpc) is 3.22. The zero-order valence-electron chi connectivity index (χ0n) is 12.0. The van der Waals surface area contributed by atoms with Crippen LogP contribution in [0.2, 0.25) is 0 Å². The zero-order valence-corrected chi connectivity index (χ0v) is 12.8. The molecule has 0 aromatic heterocycles. The first-order valence-electron chi connectivity index (χ1n) is 6.74. The summed E-state index contributed by atoms with van der Waals surface area (Å²) in [5.41, 5.74) is 6.16. The monoisotopic (exact) mass is 313 g/mol. The van der Waals surface area contributed by atoms with Crippen LogP contribution in [0.25, 0.3) is 0 Å². The molecule has 1 saturated carbocycles. The lowest BCUT2D eigenvalue weighted by molar-refractivity contribution is -0.388. The fraction of sp³-hybridized carbons (Fsp3) is 0.538. The number of nitrogens with one attached hydrogen (secondary N) is 1. The van der Waals surface area contributed by atoms with Gasteiger partial charge in [-0.2, -0.15) is 0 Å². The van der Waals surface area contributed by atoms with Gasteiger partial charge in [0, 0.05) is 18.2 Å². The van der Waals surface area contributed by atoms with Crippen molar-refractivity contribution < 1.29 is 13.3 Å². The van der Waals surface area contributed by atoms with E-state index in [0.29, 0.717) is 17.0 Å². The second kappa shape index (κ2) is 5.70. The average molecular weight is 313 g/mol. The lowest BCUT2D eigenvalue weighted by Crippen LogP contribution is -2.38. The van der Waals surface area contributed by atoms with Gasteiger partial charge in [-0.05, 0) is 38.2 Å². The molecule has 0 radical (unpaired) electrons. The molecule has 21 heavy (non-hydrogen) atoms. The van der Waals surface area contributed by atoms with Crippen molar-refractivity contribution in [2.75, 3.05) is 6.54 Å². The fourth-order valence-corrected chi connectivity index (χ4v) is 3.84. The number of nitro benzene ring substituents is 1. The van der Waals surface area contributed by atoms with E-state index in [1.807, 2.05) is 0 Å². The molecule has 0 saturated heterocycles. The Morgan fingerprint density at radius 2 is 1.95 bits per heavy atom. The molecule has 0 bridgehead atoms. The number of hydrogen-bond acceptors (Lipinski definition) is 5. The van der Waals surface area contributed by atoms with E-state index in [4.69, 9.17) is 5.73 Å². The highest BCUT2D eigenvalue weighted by Gasteiger charge is 2.33. The van der Waals surface area contributed by atoms with Gasteiger partial charge in [0.2, 0.25) is 10.0 Å². The molecule has 1 unspecified atom stereocenters. The summed E-state index contributed by atoms with van der Waals surface area (Å²) >= 11 is 0. The van der Waals surface area contributed by atoms with Crippen molar-refractivity contribution in [2.45, 2.75) is 37.6 Å². The van der Waals surface area contributed by atoms with Crippen LogP contribution < -0.4 is 10.5 Å². The maximum atomic E-state index is 12.4. The number of nitrogens with zero attached hydrogens (tertiary/aromatic N) is 1. The fourth-order valence-electron chi connectivity index (χ4n) is 2.31. The normalized spacial score (nSPS) is 16.7. The van der Waals surface area contributed by atoms with Crippen molar-refractivity contribution in [2.24, 2.45) is 11.7 Å². The van der Waals surface area contributed by atoms with Crippen LogP contribution in [0.4, 0.5) is 5.69 Å². The summed E-state index contributed by atoms with van der Waals surface area (Å²) in [6.45, 7) is 3.16. The largest absolute Gasteiger partial charge is 0.326 e. The smallest absolute Gasteiger partial charge is 0.292 e. The van der Waals surface area contributed by atoms with Gasteiger partial charge in [-0.1, -0.05) is 12.1 Å². The molecule has 2 rings (SSSR count). The molecule has 0 heterocycles. The highest BCUT2D eigenvalue weighted by Crippen LogP contribution is 2.32. The van der Waals surface area contributed by atoms with Crippen molar-refractivity contribution in [3.05, 3.63) is 33.4 Å². The molecule has 0 aliphatic heterocycles. The van der Waals surface area contributed by atoms with Crippen molar-refractivity contribution in [1.82, 2.24) is 4.72 Å². The molecule has 1 aliphatic rings. The number of benzene rings is 1. The molecule has 1 aliphatic carbocycles. The van der Waals surface area contributed by atoms with Crippen LogP contribution in [0.15, 0.2) is 17.0 Å². The van der Waals surface area contributed by atoms with Crippen LogP contribution in [-0.4, -0.2) is 25.9 Å². The van der Waals surface area contributed by atoms with Crippen LogP contribution in [0.3, 0.4) is 0 Å². The second-order valence-electron chi connectivity index (χ2n) is 5.49. The number of nitro groups is 1. The number of aryl methyl sites for hydroxylation is 2. The first-order valence-corrected chi connectivity index (χ1v) is 8.22. The SMILES string of the molecule is Cc1ccc(C)c(S(=O)(=O)NCC(N)C2CC2)c1[N+](=O)[O-]. The van der Waals surface area contributed by atoms with E-state index in [-0.39, 0.29) is 23.2 Å². The van der Waals surface area contributed by atoms with Crippen molar-refractivity contribution in [1.29, 1.82) is 0 Å². The van der Waals surface area contributed by atoms with Gasteiger partial charge in [0.05, 0.1) is 4.92 Å². The third kappa shape index (κ3) is 3.39. The van der Waals surface area contributed by atoms with E-state index >= 15 is 0 Å². The molecule has 1 fully saturated rings. The van der Waals surface area contributed by atoms with E-state index in [0.717, 1.165) is 12.8 Å². The zero-order chi connectivity index (χ0) is 15.8. The van der Waals surface area contributed by atoms with E-state index in [1.165, 1.54) is 6.92 Å². The highest BCUT2D eigenvalue weighted by molar-refractivity contribution is 7.89. The standard InChI is InChI=1S/C13H19N3O4S/c1-8-3-4-9(2)13(12(8)16(17)18)21(19,20)15-7-11(14)10-5-6-10/h3-4,10-11,15H,5-7,14H2,1-2H3. The first-order chi connectivity index (χ1) is 9.74. The Bertz CT molecular complexity index is 668. The van der Waals surface area contributed by atoms with E-state index < -0.39 is 14.9 Å². The van der Waals surface area contributed by atoms with Crippen LogP contribution in [0.1, 0.15) is 24.0 Å². The summed E-state index contributed by atoms with van der Waals surface area (Å²) in [6.07, 6.45) is 2.01. The molecule has 0 amide bonds. The minimum atomic E-state index is -3.96. The Morgan fingerprint density at radius 3 is 2.48 bits per heavy atom. The van der Waals surface area contributed by atoms with Gasteiger partial charge >= 0.3 is 0 Å². The molecule has 116 valence electrons. The van der Waals surface area contributed by atoms with Gasteiger partial charge in [0.15, 0.2) is 4.90 Å². The highest BCUT2D eigenvalue weighted by atomic mass is 32.2. The van der Waals surface area contributed by atoms with Crippen LogP contribution in [0.5, 0.6) is 0 Å². The van der Waals surface area contributed by atoms with Crippen molar-refractivity contribution in [3.63, 3.8) is 0 Å². The summed E-state index contributed by atoms with van der Waals surface area (Å²) < 4.78 is 27.2. The summed E-state index contributed by atoms with van der Waals surface area (Å²) in [5.74, 6) is 0.348. The van der Waals surface area contributed by atoms with Crippen LogP contribution in [-0.2, 0) is 10.0 Å². The van der Waals surface area contributed by atoms with Gasteiger partial charge in [0.25, 0.3) is 5.69 Å². The van der Waals surface area contributed by atoms with Crippen molar-refractivity contribution >= 4 is 15.7 Å². The molecule has 0 spiro atoms. The number of hydrogen-bond donors (Lipinski definition) is 2. The van der Waals surface area contributed by atoms with Gasteiger partial charge in [0.1, 0.15) is 0 Å². The molecular formula is C13H19N3O4S. The Kier molecular flexibility index (Phi) is 4.31. The summed E-state index contributed by atoms with van der Waals surface area (Å²) in [6, 6.07) is 2.86. The molecule has 8 heteroatoms. The van der Waals surface area contributed by atoms with Gasteiger partial charge in [-0.25, -0.2) is 13.1 Å². The Balaban J connectivity index is 2.34. The Labute approximate surface area is 123 Å². The quantitative estimate of drug-likeness (QED) is 0.605. The minimum absolute atomic E-state index is 0.0948. The maximum absolute atomic E-state index is 12.4. The first kappa shape index (κ1) is 15.9. The van der Waals surface area contributed by atoms with Gasteiger partial charge < -0.3 is 5.73 Å².